The quantitative estimate of drug-likeness (QED) is 0.846. The fourth-order valence-electron chi connectivity index (χ4n) is 4.23. The van der Waals surface area contributed by atoms with Gasteiger partial charge < -0.3 is 4.74 Å². The maximum Gasteiger partial charge on any atom is 0.417 e. The summed E-state index contributed by atoms with van der Waals surface area (Å²) in [7, 11) is 0. The van der Waals surface area contributed by atoms with Gasteiger partial charge in [0.2, 0.25) is 0 Å². The standard InChI is InChI=1S/C20H21NO2/c22-20(21-17-6-2-1-3-7-17)23-18-8-4-5-15(13-18)19-12-14-9-10-16(19)11-14/h1-8,13-14,16,19H,9-12H2,(H,21,22)/t14-,16+,19-/m0/s1. The number of carbonyl (C=O) groups excluding carboxylic acids is 1. The molecule has 1 amide bonds. The molecule has 2 saturated carbocycles. The van der Waals surface area contributed by atoms with E-state index in [1.54, 1.807) is 0 Å². The van der Waals surface area contributed by atoms with Gasteiger partial charge in [-0.3, -0.25) is 5.32 Å². The number of para-hydroxylation sites is 1. The molecular weight excluding hydrogens is 286 g/mol. The lowest BCUT2D eigenvalue weighted by molar-refractivity contribution is 0.215. The zero-order valence-corrected chi connectivity index (χ0v) is 13.1. The molecule has 118 valence electrons. The van der Waals surface area contributed by atoms with E-state index >= 15 is 0 Å². The van der Waals surface area contributed by atoms with Crippen molar-refractivity contribution >= 4 is 11.8 Å². The summed E-state index contributed by atoms with van der Waals surface area (Å²) < 4.78 is 5.45. The van der Waals surface area contributed by atoms with Crippen molar-refractivity contribution in [2.45, 2.75) is 31.6 Å². The lowest BCUT2D eigenvalue weighted by Crippen LogP contribution is -2.17. The van der Waals surface area contributed by atoms with Crippen LogP contribution in [0.3, 0.4) is 0 Å². The van der Waals surface area contributed by atoms with Crippen LogP contribution >= 0.6 is 0 Å². The number of ether oxygens (including phenoxy) is 1. The first-order valence-electron chi connectivity index (χ1n) is 8.42. The minimum Gasteiger partial charge on any atom is -0.410 e. The lowest BCUT2D eigenvalue weighted by atomic mass is 9.83. The Balaban J connectivity index is 1.43. The van der Waals surface area contributed by atoms with Crippen molar-refractivity contribution in [1.29, 1.82) is 0 Å². The van der Waals surface area contributed by atoms with Crippen molar-refractivity contribution in [3.8, 4) is 5.75 Å². The molecule has 0 spiro atoms. The summed E-state index contributed by atoms with van der Waals surface area (Å²) >= 11 is 0. The van der Waals surface area contributed by atoms with Crippen LogP contribution in [0.5, 0.6) is 5.75 Å². The van der Waals surface area contributed by atoms with E-state index in [1.165, 1.54) is 31.2 Å². The van der Waals surface area contributed by atoms with Gasteiger partial charge in [0.15, 0.2) is 0 Å². The fraction of sp³-hybridized carbons (Fsp3) is 0.350. The molecule has 1 N–H and O–H groups in total. The van der Waals surface area contributed by atoms with E-state index in [4.69, 9.17) is 4.74 Å². The van der Waals surface area contributed by atoms with Gasteiger partial charge in [0.1, 0.15) is 5.75 Å². The first kappa shape index (κ1) is 14.3. The van der Waals surface area contributed by atoms with E-state index in [2.05, 4.69) is 11.4 Å². The zero-order valence-electron chi connectivity index (χ0n) is 13.1. The second-order valence-electron chi connectivity index (χ2n) is 6.73. The summed E-state index contributed by atoms with van der Waals surface area (Å²) in [5.74, 6) is 3.01. The molecular formula is C20H21NO2. The van der Waals surface area contributed by atoms with Crippen LogP contribution in [0, 0.1) is 11.8 Å². The SMILES string of the molecule is O=C(Nc1ccccc1)Oc1cccc([C@@H]2C[C@H]3CC[C@@H]2C3)c1. The Labute approximate surface area is 136 Å². The predicted molar refractivity (Wildman–Crippen MR) is 90.7 cm³/mol. The number of amides is 1. The molecule has 2 fully saturated rings. The number of anilines is 1. The van der Waals surface area contributed by atoms with Crippen LogP contribution in [-0.2, 0) is 0 Å². The third-order valence-electron chi connectivity index (χ3n) is 5.26. The zero-order chi connectivity index (χ0) is 15.6. The van der Waals surface area contributed by atoms with Crippen LogP contribution in [-0.4, -0.2) is 6.09 Å². The third-order valence-corrected chi connectivity index (χ3v) is 5.26. The van der Waals surface area contributed by atoms with Gasteiger partial charge in [0, 0.05) is 5.69 Å². The van der Waals surface area contributed by atoms with E-state index in [9.17, 15) is 4.79 Å². The Hall–Kier alpha value is -2.29. The second-order valence-corrected chi connectivity index (χ2v) is 6.73. The van der Waals surface area contributed by atoms with Crippen molar-refractivity contribution in [3.05, 3.63) is 60.2 Å². The first-order chi connectivity index (χ1) is 11.3. The van der Waals surface area contributed by atoms with Gasteiger partial charge in [0.25, 0.3) is 0 Å². The van der Waals surface area contributed by atoms with E-state index < -0.39 is 6.09 Å². The normalized spacial score (nSPS) is 25.3. The number of carbonyl (C=O) groups is 1. The maximum atomic E-state index is 12.0. The average molecular weight is 307 g/mol. The van der Waals surface area contributed by atoms with Crippen LogP contribution < -0.4 is 10.1 Å². The largest absolute Gasteiger partial charge is 0.417 e. The minimum atomic E-state index is -0.443. The summed E-state index contributed by atoms with van der Waals surface area (Å²) in [6.07, 6.45) is 4.99. The van der Waals surface area contributed by atoms with Crippen molar-refractivity contribution in [2.75, 3.05) is 5.32 Å². The van der Waals surface area contributed by atoms with Gasteiger partial charge in [-0.1, -0.05) is 36.8 Å². The minimum absolute atomic E-state index is 0.443. The molecule has 2 bridgehead atoms. The van der Waals surface area contributed by atoms with Crippen LogP contribution in [0.2, 0.25) is 0 Å². The van der Waals surface area contributed by atoms with Crippen molar-refractivity contribution in [2.24, 2.45) is 11.8 Å². The van der Waals surface area contributed by atoms with Gasteiger partial charge in [-0.05, 0) is 66.8 Å². The van der Waals surface area contributed by atoms with Crippen molar-refractivity contribution < 1.29 is 9.53 Å². The molecule has 2 aliphatic rings. The predicted octanol–water partition coefficient (Wildman–Crippen LogP) is 5.20. The molecule has 0 saturated heterocycles. The average Bonchev–Trinajstić information content (AvgIpc) is 3.19. The molecule has 0 aromatic heterocycles. The van der Waals surface area contributed by atoms with Crippen molar-refractivity contribution in [1.82, 2.24) is 0 Å². The highest BCUT2D eigenvalue weighted by Crippen LogP contribution is 2.53. The molecule has 3 atom stereocenters. The molecule has 23 heavy (non-hydrogen) atoms. The van der Waals surface area contributed by atoms with Crippen LogP contribution in [0.25, 0.3) is 0 Å². The summed E-state index contributed by atoms with van der Waals surface area (Å²) in [6.45, 7) is 0. The van der Waals surface area contributed by atoms with Gasteiger partial charge in [-0.25, -0.2) is 4.79 Å². The van der Waals surface area contributed by atoms with Gasteiger partial charge in [-0.2, -0.15) is 0 Å². The third kappa shape index (κ3) is 3.09. The fourth-order valence-corrected chi connectivity index (χ4v) is 4.23. The Morgan fingerprint density at radius 1 is 1.00 bits per heavy atom. The van der Waals surface area contributed by atoms with Crippen LogP contribution in [0.1, 0.15) is 37.2 Å². The Bertz CT molecular complexity index is 698. The topological polar surface area (TPSA) is 38.3 Å². The number of rotatable bonds is 3. The van der Waals surface area contributed by atoms with Crippen molar-refractivity contribution in [3.63, 3.8) is 0 Å². The number of nitrogens with one attached hydrogen (secondary N) is 1. The number of hydrogen-bond donors (Lipinski definition) is 1. The monoisotopic (exact) mass is 307 g/mol. The molecule has 0 unspecified atom stereocenters. The molecule has 3 heteroatoms. The lowest BCUT2D eigenvalue weighted by Gasteiger charge is -2.22. The highest BCUT2D eigenvalue weighted by atomic mass is 16.6. The van der Waals surface area contributed by atoms with Gasteiger partial charge in [0.05, 0.1) is 0 Å². The molecule has 2 aromatic carbocycles. The van der Waals surface area contributed by atoms with Gasteiger partial charge >= 0.3 is 6.09 Å². The van der Waals surface area contributed by atoms with Crippen LogP contribution in [0.4, 0.5) is 10.5 Å². The molecule has 0 radical (unpaired) electrons. The van der Waals surface area contributed by atoms with E-state index in [-0.39, 0.29) is 0 Å². The molecule has 3 nitrogen and oxygen atoms in total. The Morgan fingerprint density at radius 3 is 2.61 bits per heavy atom. The smallest absolute Gasteiger partial charge is 0.410 e. The van der Waals surface area contributed by atoms with Crippen LogP contribution in [0.15, 0.2) is 54.6 Å². The molecule has 0 aliphatic heterocycles. The van der Waals surface area contributed by atoms with E-state index in [0.29, 0.717) is 11.7 Å². The summed E-state index contributed by atoms with van der Waals surface area (Å²) in [5, 5.41) is 2.75. The maximum absolute atomic E-state index is 12.0. The molecule has 2 aromatic rings. The highest BCUT2D eigenvalue weighted by molar-refractivity contribution is 5.86. The summed E-state index contributed by atoms with van der Waals surface area (Å²) in [5.41, 5.74) is 2.06. The Kier molecular flexibility index (Phi) is 3.78. The highest BCUT2D eigenvalue weighted by Gasteiger charge is 2.40. The number of fused-ring (bicyclic) bond motifs is 2. The summed E-state index contributed by atoms with van der Waals surface area (Å²) in [6, 6.07) is 17.4. The second kappa shape index (κ2) is 6.07. The molecule has 2 aliphatic carbocycles. The molecule has 4 rings (SSSR count). The number of benzene rings is 2. The first-order valence-corrected chi connectivity index (χ1v) is 8.42. The van der Waals surface area contributed by atoms with Gasteiger partial charge in [-0.15, -0.1) is 0 Å². The van der Waals surface area contributed by atoms with E-state index in [0.717, 1.165) is 17.5 Å². The van der Waals surface area contributed by atoms with E-state index in [1.807, 2.05) is 48.5 Å². The Morgan fingerprint density at radius 2 is 1.87 bits per heavy atom. The number of hydrogen-bond acceptors (Lipinski definition) is 2. The molecule has 0 heterocycles. The summed E-state index contributed by atoms with van der Waals surface area (Å²) in [4.78, 5) is 12.0.